The molecule has 0 radical (unpaired) electrons. The Morgan fingerprint density at radius 3 is 2.16 bits per heavy atom. The quantitative estimate of drug-likeness (QED) is 0.835. The lowest BCUT2D eigenvalue weighted by molar-refractivity contribution is -0.123. The molecule has 2 rings (SSSR count). The van der Waals surface area contributed by atoms with Gasteiger partial charge in [-0.15, -0.1) is 0 Å². The molecule has 1 saturated heterocycles. The van der Waals surface area contributed by atoms with Crippen molar-refractivity contribution in [2.75, 3.05) is 20.8 Å². The zero-order valence-electron chi connectivity index (χ0n) is 12.0. The minimum Gasteiger partial charge on any atom is -0.497 e. The molecule has 0 atom stereocenters. The molecule has 1 aliphatic rings. The first-order chi connectivity index (χ1) is 8.97. The van der Waals surface area contributed by atoms with Crippen LogP contribution in [0.25, 0.3) is 0 Å². The minimum absolute atomic E-state index is 0.308. The smallest absolute Gasteiger partial charge is 0.153 e. The van der Waals surface area contributed by atoms with Gasteiger partial charge in [0.15, 0.2) is 5.78 Å². The zero-order chi connectivity index (χ0) is 14.0. The maximum absolute atomic E-state index is 11.9. The van der Waals surface area contributed by atoms with Crippen LogP contribution in [0.1, 0.15) is 25.8 Å². The van der Waals surface area contributed by atoms with Crippen molar-refractivity contribution in [1.82, 2.24) is 4.90 Å². The summed E-state index contributed by atoms with van der Waals surface area (Å²) in [6.07, 6.45) is 0.633. The number of nitrogens with zero attached hydrogens (tertiary/aromatic N) is 1. The van der Waals surface area contributed by atoms with Crippen LogP contribution in [0.2, 0.25) is 0 Å². The molecule has 0 amide bonds. The van der Waals surface area contributed by atoms with Gasteiger partial charge in [-0.1, -0.05) is 0 Å². The summed E-state index contributed by atoms with van der Waals surface area (Å²) in [7, 11) is 3.28. The Kier molecular flexibility index (Phi) is 3.80. The third kappa shape index (κ3) is 2.73. The summed E-state index contributed by atoms with van der Waals surface area (Å²) in [6, 6.07) is 5.83. The van der Waals surface area contributed by atoms with Gasteiger partial charge >= 0.3 is 0 Å². The molecule has 1 fully saturated rings. The number of Topliss-reactive ketones (excluding diaryl/α,β-unsaturated/α-hetero) is 1. The minimum atomic E-state index is -0.379. The van der Waals surface area contributed by atoms with Crippen molar-refractivity contribution in [3.05, 3.63) is 23.8 Å². The van der Waals surface area contributed by atoms with Crippen LogP contribution in [0.3, 0.4) is 0 Å². The van der Waals surface area contributed by atoms with Crippen LogP contribution in [-0.2, 0) is 11.3 Å². The van der Waals surface area contributed by atoms with Crippen LogP contribution in [0.15, 0.2) is 18.2 Å². The van der Waals surface area contributed by atoms with Crippen LogP contribution < -0.4 is 9.47 Å². The molecule has 0 saturated carbocycles. The molecule has 1 aromatic rings. The van der Waals surface area contributed by atoms with E-state index in [1.807, 2.05) is 32.0 Å². The van der Waals surface area contributed by atoms with E-state index in [2.05, 4.69) is 4.90 Å². The van der Waals surface area contributed by atoms with Gasteiger partial charge in [-0.25, -0.2) is 0 Å². The van der Waals surface area contributed by atoms with E-state index in [0.29, 0.717) is 12.2 Å². The van der Waals surface area contributed by atoms with Crippen molar-refractivity contribution in [2.24, 2.45) is 0 Å². The average molecular weight is 263 g/mol. The van der Waals surface area contributed by atoms with Crippen LogP contribution in [-0.4, -0.2) is 37.0 Å². The lowest BCUT2D eigenvalue weighted by Crippen LogP contribution is -2.42. The lowest BCUT2D eigenvalue weighted by Gasteiger charge is -2.30. The lowest BCUT2D eigenvalue weighted by atomic mass is 10.00. The molecule has 0 unspecified atom stereocenters. The Morgan fingerprint density at radius 1 is 1.16 bits per heavy atom. The van der Waals surface area contributed by atoms with Crippen molar-refractivity contribution in [2.45, 2.75) is 32.4 Å². The number of hydrogen-bond donors (Lipinski definition) is 0. The summed E-state index contributed by atoms with van der Waals surface area (Å²) in [4.78, 5) is 14.0. The second-order valence-corrected chi connectivity index (χ2v) is 5.37. The number of hydrogen-bond acceptors (Lipinski definition) is 4. The monoisotopic (exact) mass is 263 g/mol. The van der Waals surface area contributed by atoms with Gasteiger partial charge in [0, 0.05) is 25.6 Å². The fourth-order valence-corrected chi connectivity index (χ4v) is 2.45. The van der Waals surface area contributed by atoms with E-state index >= 15 is 0 Å². The van der Waals surface area contributed by atoms with E-state index in [4.69, 9.17) is 9.47 Å². The first-order valence-corrected chi connectivity index (χ1v) is 6.47. The second-order valence-electron chi connectivity index (χ2n) is 5.37. The number of carbonyl (C=O) groups is 1. The summed E-state index contributed by atoms with van der Waals surface area (Å²) in [6.45, 7) is 5.51. The number of carbonyl (C=O) groups excluding carboxylic acids is 1. The van der Waals surface area contributed by atoms with Crippen LogP contribution in [0.5, 0.6) is 11.5 Å². The van der Waals surface area contributed by atoms with Crippen molar-refractivity contribution in [1.29, 1.82) is 0 Å². The molecule has 4 nitrogen and oxygen atoms in total. The number of rotatable bonds is 4. The highest BCUT2D eigenvalue weighted by molar-refractivity contribution is 5.89. The zero-order valence-corrected chi connectivity index (χ0v) is 12.0. The molecule has 1 heterocycles. The number of ether oxygens (including phenoxy) is 2. The van der Waals surface area contributed by atoms with Crippen molar-refractivity contribution in [3.63, 3.8) is 0 Å². The normalized spacial score (nSPS) is 18.6. The Hall–Kier alpha value is -1.55. The molecule has 0 bridgehead atoms. The van der Waals surface area contributed by atoms with Gasteiger partial charge < -0.3 is 9.47 Å². The number of benzene rings is 1. The van der Waals surface area contributed by atoms with Gasteiger partial charge in [0.1, 0.15) is 11.5 Å². The molecule has 0 aromatic heterocycles. The fraction of sp³-hybridized carbons (Fsp3) is 0.533. The maximum atomic E-state index is 11.9. The van der Waals surface area contributed by atoms with Gasteiger partial charge in [0.2, 0.25) is 0 Å². The Bertz CT molecular complexity index is 460. The first kappa shape index (κ1) is 13.9. The predicted octanol–water partition coefficient (Wildman–Crippen LogP) is 2.26. The van der Waals surface area contributed by atoms with E-state index in [1.54, 1.807) is 14.2 Å². The van der Waals surface area contributed by atoms with E-state index in [9.17, 15) is 4.79 Å². The third-order valence-electron chi connectivity index (χ3n) is 3.87. The summed E-state index contributed by atoms with van der Waals surface area (Å²) in [5.41, 5.74) is 0.718. The standard InChI is InChI=1S/C15H21NO3/c1-15(2)14(17)5-6-16(15)10-11-7-12(18-3)9-13(8-11)19-4/h7-9H,5-6,10H2,1-4H3. The molecule has 0 aliphatic carbocycles. The SMILES string of the molecule is COc1cc(CN2CCC(=O)C2(C)C)cc(OC)c1. The van der Waals surface area contributed by atoms with E-state index in [1.165, 1.54) is 0 Å². The molecule has 0 N–H and O–H groups in total. The van der Waals surface area contributed by atoms with Crippen LogP contribution in [0.4, 0.5) is 0 Å². The maximum Gasteiger partial charge on any atom is 0.153 e. The van der Waals surface area contributed by atoms with E-state index in [0.717, 1.165) is 30.2 Å². The highest BCUT2D eigenvalue weighted by Crippen LogP contribution is 2.29. The Balaban J connectivity index is 2.21. The van der Waals surface area contributed by atoms with Crippen molar-refractivity contribution in [3.8, 4) is 11.5 Å². The average Bonchev–Trinajstić information content (AvgIpc) is 2.65. The fourth-order valence-electron chi connectivity index (χ4n) is 2.45. The molecule has 4 heteroatoms. The van der Waals surface area contributed by atoms with Crippen LogP contribution >= 0.6 is 0 Å². The second kappa shape index (κ2) is 5.21. The Labute approximate surface area is 114 Å². The largest absolute Gasteiger partial charge is 0.497 e. The molecular formula is C15H21NO3. The summed E-state index contributed by atoms with van der Waals surface area (Å²) >= 11 is 0. The Morgan fingerprint density at radius 2 is 1.74 bits per heavy atom. The molecule has 0 spiro atoms. The van der Waals surface area contributed by atoms with Crippen molar-refractivity contribution >= 4 is 5.78 Å². The van der Waals surface area contributed by atoms with Crippen LogP contribution in [0, 0.1) is 0 Å². The highest BCUT2D eigenvalue weighted by Gasteiger charge is 2.39. The number of likely N-dealkylation sites (tertiary alicyclic amines) is 1. The van der Waals surface area contributed by atoms with E-state index < -0.39 is 0 Å². The molecule has 19 heavy (non-hydrogen) atoms. The third-order valence-corrected chi connectivity index (χ3v) is 3.87. The summed E-state index contributed by atoms with van der Waals surface area (Å²) in [5.74, 6) is 1.86. The molecular weight excluding hydrogens is 242 g/mol. The summed E-state index contributed by atoms with van der Waals surface area (Å²) < 4.78 is 10.5. The van der Waals surface area contributed by atoms with Gasteiger partial charge in [-0.05, 0) is 31.5 Å². The van der Waals surface area contributed by atoms with Crippen molar-refractivity contribution < 1.29 is 14.3 Å². The highest BCUT2D eigenvalue weighted by atomic mass is 16.5. The van der Waals surface area contributed by atoms with Gasteiger partial charge in [0.25, 0.3) is 0 Å². The van der Waals surface area contributed by atoms with Gasteiger partial charge in [-0.2, -0.15) is 0 Å². The number of ketones is 1. The number of methoxy groups -OCH3 is 2. The summed E-state index contributed by atoms with van der Waals surface area (Å²) in [5, 5.41) is 0. The first-order valence-electron chi connectivity index (χ1n) is 6.47. The van der Waals surface area contributed by atoms with E-state index in [-0.39, 0.29) is 5.54 Å². The van der Waals surface area contributed by atoms with Gasteiger partial charge in [-0.3, -0.25) is 9.69 Å². The molecule has 1 aliphatic heterocycles. The molecule has 1 aromatic carbocycles. The predicted molar refractivity (Wildman–Crippen MR) is 73.7 cm³/mol. The van der Waals surface area contributed by atoms with Gasteiger partial charge in [0.05, 0.1) is 19.8 Å². The topological polar surface area (TPSA) is 38.8 Å². The molecule has 104 valence electrons.